The van der Waals surface area contributed by atoms with Crippen LogP contribution in [-0.2, 0) is 0 Å². The van der Waals surface area contributed by atoms with Crippen LogP contribution in [0.2, 0.25) is 0 Å². The van der Waals surface area contributed by atoms with Crippen molar-refractivity contribution in [3.05, 3.63) is 0 Å². The van der Waals surface area contributed by atoms with Crippen LogP contribution in [0.1, 0.15) is 40.5 Å². The molecule has 0 radical (unpaired) electrons. The van der Waals surface area contributed by atoms with Crippen molar-refractivity contribution in [2.24, 2.45) is 10.4 Å². The van der Waals surface area contributed by atoms with Gasteiger partial charge in [-0.15, -0.1) is 24.0 Å². The van der Waals surface area contributed by atoms with Crippen LogP contribution in [0.25, 0.3) is 0 Å². The normalized spacial score (nSPS) is 18.5. The molecular formula is C17H34F3IN4O. The fraction of sp³-hybridized carbons (Fsp3) is 0.941. The minimum Gasteiger partial charge on any atom is -0.396 e. The van der Waals surface area contributed by atoms with Gasteiger partial charge >= 0.3 is 6.18 Å². The Hall–Kier alpha value is -0.290. The van der Waals surface area contributed by atoms with E-state index in [4.69, 9.17) is 0 Å². The molecule has 26 heavy (non-hydrogen) atoms. The third-order valence-corrected chi connectivity index (χ3v) is 5.37. The van der Waals surface area contributed by atoms with Crippen molar-refractivity contribution >= 4 is 29.9 Å². The fourth-order valence-electron chi connectivity index (χ4n) is 2.94. The molecule has 1 aliphatic rings. The van der Waals surface area contributed by atoms with Crippen molar-refractivity contribution in [1.29, 1.82) is 0 Å². The Morgan fingerprint density at radius 1 is 1.12 bits per heavy atom. The van der Waals surface area contributed by atoms with Crippen LogP contribution in [0, 0.1) is 5.41 Å². The summed E-state index contributed by atoms with van der Waals surface area (Å²) >= 11 is 0. The molecule has 2 N–H and O–H groups in total. The van der Waals surface area contributed by atoms with Crippen LogP contribution in [-0.4, -0.2) is 79.0 Å². The van der Waals surface area contributed by atoms with Crippen LogP contribution < -0.4 is 5.32 Å². The van der Waals surface area contributed by atoms with Gasteiger partial charge in [-0.3, -0.25) is 9.89 Å². The highest BCUT2D eigenvalue weighted by Crippen LogP contribution is 2.27. The molecule has 1 fully saturated rings. The number of hydrogen-bond donors (Lipinski definition) is 2. The van der Waals surface area contributed by atoms with Crippen LogP contribution in [0.3, 0.4) is 0 Å². The lowest BCUT2D eigenvalue weighted by molar-refractivity contribution is -0.181. The lowest BCUT2D eigenvalue weighted by atomic mass is 9.83. The van der Waals surface area contributed by atoms with Gasteiger partial charge in [0, 0.05) is 38.1 Å². The second kappa shape index (κ2) is 11.5. The maximum atomic E-state index is 12.9. The zero-order chi connectivity index (χ0) is 19.1. The molecule has 1 rings (SSSR count). The number of nitrogens with one attached hydrogen (secondary N) is 1. The van der Waals surface area contributed by atoms with Crippen LogP contribution in [0.4, 0.5) is 13.2 Å². The summed E-state index contributed by atoms with van der Waals surface area (Å²) in [5.41, 5.74) is -0.229. The molecule has 0 bridgehead atoms. The van der Waals surface area contributed by atoms with Crippen molar-refractivity contribution in [1.82, 2.24) is 15.1 Å². The number of nitrogens with zero attached hydrogens (tertiary/aromatic N) is 3. The minimum absolute atomic E-state index is 0. The average Bonchev–Trinajstić information content (AvgIpc) is 2.61. The molecular weight excluding hydrogens is 460 g/mol. The smallest absolute Gasteiger partial charge is 0.396 e. The van der Waals surface area contributed by atoms with Crippen LogP contribution in [0.15, 0.2) is 4.99 Å². The second-order valence-corrected chi connectivity index (χ2v) is 6.78. The number of halogens is 4. The molecule has 1 saturated heterocycles. The van der Waals surface area contributed by atoms with Crippen molar-refractivity contribution in [3.8, 4) is 0 Å². The Kier molecular flexibility index (Phi) is 11.4. The monoisotopic (exact) mass is 494 g/mol. The summed E-state index contributed by atoms with van der Waals surface area (Å²) in [5.74, 6) is 0.724. The first-order valence-electron chi connectivity index (χ1n) is 9.17. The third kappa shape index (κ3) is 7.03. The van der Waals surface area contributed by atoms with E-state index in [1.54, 1.807) is 0 Å². The Labute approximate surface area is 172 Å². The van der Waals surface area contributed by atoms with Gasteiger partial charge in [0.25, 0.3) is 0 Å². The molecule has 156 valence electrons. The van der Waals surface area contributed by atoms with E-state index < -0.39 is 12.2 Å². The van der Waals surface area contributed by atoms with E-state index in [-0.39, 0.29) is 36.0 Å². The first kappa shape index (κ1) is 25.7. The summed E-state index contributed by atoms with van der Waals surface area (Å²) < 4.78 is 38.6. The standard InChI is InChI=1S/C17H33F3N4O.HI/c1-5-16(6-2,13-25)12-22-15(21-7-3)24-10-8-23(9-11-24)14(4)17(18,19)20;/h14,25H,5-13H2,1-4H3,(H,21,22);1H. The Bertz CT molecular complexity index is 414. The average molecular weight is 494 g/mol. The van der Waals surface area contributed by atoms with Gasteiger partial charge in [-0.25, -0.2) is 0 Å². The maximum Gasteiger partial charge on any atom is 0.403 e. The van der Waals surface area contributed by atoms with Gasteiger partial charge in [0.05, 0.1) is 13.2 Å². The molecule has 0 amide bonds. The molecule has 1 unspecified atom stereocenters. The predicted octanol–water partition coefficient (Wildman–Crippen LogP) is 2.94. The highest BCUT2D eigenvalue weighted by atomic mass is 127. The molecule has 1 aliphatic heterocycles. The molecule has 0 aromatic carbocycles. The van der Waals surface area contributed by atoms with Crippen LogP contribution >= 0.6 is 24.0 Å². The summed E-state index contributed by atoms with van der Waals surface area (Å²) in [4.78, 5) is 8.15. The van der Waals surface area contributed by atoms with E-state index in [0.717, 1.165) is 18.8 Å². The van der Waals surface area contributed by atoms with Gasteiger partial charge in [0.15, 0.2) is 5.96 Å². The molecule has 1 atom stereocenters. The van der Waals surface area contributed by atoms with E-state index in [0.29, 0.717) is 39.3 Å². The summed E-state index contributed by atoms with van der Waals surface area (Å²) in [7, 11) is 0. The van der Waals surface area contributed by atoms with Gasteiger partial charge in [0.2, 0.25) is 0 Å². The van der Waals surface area contributed by atoms with Gasteiger partial charge in [-0.05, 0) is 26.7 Å². The van der Waals surface area contributed by atoms with E-state index >= 15 is 0 Å². The molecule has 9 heteroatoms. The summed E-state index contributed by atoms with van der Waals surface area (Å²) in [6.07, 6.45) is -2.52. The Morgan fingerprint density at radius 2 is 1.65 bits per heavy atom. The number of guanidine groups is 1. The lowest BCUT2D eigenvalue weighted by Crippen LogP contribution is -2.56. The summed E-state index contributed by atoms with van der Waals surface area (Å²) in [6, 6.07) is -1.42. The van der Waals surface area contributed by atoms with E-state index in [2.05, 4.69) is 10.3 Å². The third-order valence-electron chi connectivity index (χ3n) is 5.37. The molecule has 0 aromatic rings. The topological polar surface area (TPSA) is 51.1 Å². The molecule has 0 aromatic heterocycles. The minimum atomic E-state index is -4.19. The van der Waals surface area contributed by atoms with Crippen molar-refractivity contribution in [3.63, 3.8) is 0 Å². The predicted molar refractivity (Wildman–Crippen MR) is 110 cm³/mol. The number of alkyl halides is 3. The van der Waals surface area contributed by atoms with Gasteiger partial charge in [-0.1, -0.05) is 13.8 Å². The molecule has 0 saturated carbocycles. The van der Waals surface area contributed by atoms with Crippen molar-refractivity contribution in [2.45, 2.75) is 52.8 Å². The van der Waals surface area contributed by atoms with Crippen molar-refractivity contribution in [2.75, 3.05) is 45.9 Å². The highest BCUT2D eigenvalue weighted by Gasteiger charge is 2.41. The molecule has 1 heterocycles. The first-order chi connectivity index (χ1) is 11.7. The number of aliphatic hydroxyl groups is 1. The summed E-state index contributed by atoms with van der Waals surface area (Å²) in [6.45, 7) is 10.3. The number of piperazine rings is 1. The van der Waals surface area contributed by atoms with Gasteiger partial charge in [-0.2, -0.15) is 13.2 Å². The lowest BCUT2D eigenvalue weighted by Gasteiger charge is -2.40. The quantitative estimate of drug-likeness (QED) is 0.325. The largest absolute Gasteiger partial charge is 0.403 e. The Balaban J connectivity index is 0.00000625. The highest BCUT2D eigenvalue weighted by molar-refractivity contribution is 14.0. The van der Waals surface area contributed by atoms with E-state index in [1.165, 1.54) is 11.8 Å². The molecule has 0 spiro atoms. The second-order valence-electron chi connectivity index (χ2n) is 6.78. The first-order valence-corrected chi connectivity index (χ1v) is 9.17. The maximum absolute atomic E-state index is 12.9. The fourth-order valence-corrected chi connectivity index (χ4v) is 2.94. The SMILES string of the molecule is CCNC(=NCC(CC)(CC)CO)N1CCN(C(C)C(F)(F)F)CC1.I. The van der Waals surface area contributed by atoms with E-state index in [1.807, 2.05) is 25.7 Å². The zero-order valence-electron chi connectivity index (χ0n) is 16.3. The number of hydrogen-bond acceptors (Lipinski definition) is 3. The Morgan fingerprint density at radius 3 is 2.04 bits per heavy atom. The number of rotatable bonds is 7. The van der Waals surface area contributed by atoms with E-state index in [9.17, 15) is 18.3 Å². The van der Waals surface area contributed by atoms with Gasteiger partial charge < -0.3 is 15.3 Å². The summed E-state index contributed by atoms with van der Waals surface area (Å²) in [5, 5.41) is 12.9. The number of aliphatic imine (C=N–C) groups is 1. The molecule has 5 nitrogen and oxygen atoms in total. The zero-order valence-corrected chi connectivity index (χ0v) is 18.6. The molecule has 0 aliphatic carbocycles. The van der Waals surface area contributed by atoms with Crippen molar-refractivity contribution < 1.29 is 18.3 Å². The number of aliphatic hydroxyl groups excluding tert-OH is 1. The van der Waals surface area contributed by atoms with Crippen LogP contribution in [0.5, 0.6) is 0 Å². The van der Waals surface area contributed by atoms with Gasteiger partial charge in [0.1, 0.15) is 6.04 Å².